The molecule has 0 heterocycles. The van der Waals surface area contributed by atoms with Crippen molar-refractivity contribution in [2.24, 2.45) is 22.9 Å². The van der Waals surface area contributed by atoms with Gasteiger partial charge in [-0.15, -0.1) is 0 Å². The predicted octanol–water partition coefficient (Wildman–Crippen LogP) is 2.46. The third-order valence-electron chi connectivity index (χ3n) is 5.07. The molecule has 0 fully saturated rings. The number of carbonyl (C=O) groups is 6. The lowest BCUT2D eigenvalue weighted by Gasteiger charge is -1.98. The molecule has 0 aliphatic carbocycles. The lowest BCUT2D eigenvalue weighted by molar-refractivity contribution is -0.119. The van der Waals surface area contributed by atoms with Gasteiger partial charge in [0, 0.05) is 25.7 Å². The fourth-order valence-electron chi connectivity index (χ4n) is 3.01. The third kappa shape index (κ3) is 26.6. The molecule has 10 N–H and O–H groups in total. The second-order valence-electron chi connectivity index (χ2n) is 8.59. The molecule has 0 spiro atoms. The van der Waals surface area contributed by atoms with Crippen LogP contribution in [0.3, 0.4) is 0 Å². The van der Waals surface area contributed by atoms with Gasteiger partial charge in [0.05, 0.1) is 11.1 Å². The number of nitrogens with two attached hydrogens (primary N) is 4. The molecule has 0 unspecified atom stereocenters. The molecule has 0 aliphatic heterocycles. The summed E-state index contributed by atoms with van der Waals surface area (Å²) in [7, 11) is 0. The predicted molar refractivity (Wildman–Crippen MR) is 142 cm³/mol. The van der Waals surface area contributed by atoms with E-state index in [1.54, 1.807) is 0 Å². The minimum Gasteiger partial charge on any atom is -0.478 e. The zero-order valence-corrected chi connectivity index (χ0v) is 21.9. The zero-order chi connectivity index (χ0) is 29.3. The van der Waals surface area contributed by atoms with E-state index in [0.29, 0.717) is 25.7 Å². The average Bonchev–Trinajstić information content (AvgIpc) is 2.83. The van der Waals surface area contributed by atoms with Crippen LogP contribution in [0.5, 0.6) is 0 Å². The highest BCUT2D eigenvalue weighted by Gasteiger charge is 2.05. The number of benzene rings is 1. The van der Waals surface area contributed by atoms with Crippen LogP contribution in [0, 0.1) is 0 Å². The Hall–Kier alpha value is -3.96. The first-order valence-electron chi connectivity index (χ1n) is 12.6. The van der Waals surface area contributed by atoms with E-state index in [0.717, 1.165) is 64.2 Å². The van der Waals surface area contributed by atoms with Gasteiger partial charge in [0.15, 0.2) is 0 Å². The molecule has 1 rings (SSSR count). The Morgan fingerprint density at radius 1 is 0.421 bits per heavy atom. The summed E-state index contributed by atoms with van der Waals surface area (Å²) >= 11 is 0. The average molecular weight is 539 g/mol. The van der Waals surface area contributed by atoms with E-state index in [9.17, 15) is 28.8 Å². The number of hydrogen-bond donors (Lipinski definition) is 6. The minimum absolute atomic E-state index is 0.0833. The first-order valence-corrected chi connectivity index (χ1v) is 12.6. The second-order valence-corrected chi connectivity index (χ2v) is 8.59. The van der Waals surface area contributed by atoms with Crippen LogP contribution < -0.4 is 22.9 Å². The van der Waals surface area contributed by atoms with E-state index in [1.165, 1.54) is 24.3 Å². The Labute approximate surface area is 223 Å². The standard InChI is InChI=1S/2C9H18N2O2.C8H6O4/c2*10-8(12)6-4-2-1-3-5-7-9(11)13;9-7(10)5-1-2-6(4-3-5)8(11)12/h2*1-7H2,(H2,10,12)(H2,11,13);1-4H,(H,9,10)(H,11,12). The van der Waals surface area contributed by atoms with Crippen molar-refractivity contribution in [2.45, 2.75) is 89.9 Å². The molecule has 12 heteroatoms. The normalized spacial score (nSPS) is 9.68. The van der Waals surface area contributed by atoms with Crippen LogP contribution in [0.25, 0.3) is 0 Å². The van der Waals surface area contributed by atoms with Gasteiger partial charge in [-0.05, 0) is 49.9 Å². The molecule has 214 valence electrons. The van der Waals surface area contributed by atoms with Gasteiger partial charge in [-0.2, -0.15) is 0 Å². The molecule has 0 saturated heterocycles. The lowest BCUT2D eigenvalue weighted by Crippen LogP contribution is -2.10. The Morgan fingerprint density at radius 2 is 0.605 bits per heavy atom. The van der Waals surface area contributed by atoms with Crippen LogP contribution in [0.15, 0.2) is 24.3 Å². The summed E-state index contributed by atoms with van der Waals surface area (Å²) in [6.07, 6.45) is 11.4. The highest BCUT2D eigenvalue weighted by Crippen LogP contribution is 2.07. The third-order valence-corrected chi connectivity index (χ3v) is 5.07. The zero-order valence-electron chi connectivity index (χ0n) is 21.9. The number of carboxylic acid groups (broad SMARTS) is 2. The van der Waals surface area contributed by atoms with E-state index >= 15 is 0 Å². The largest absolute Gasteiger partial charge is 0.478 e. The number of hydrogen-bond acceptors (Lipinski definition) is 6. The number of rotatable bonds is 18. The van der Waals surface area contributed by atoms with Crippen molar-refractivity contribution in [1.82, 2.24) is 0 Å². The van der Waals surface area contributed by atoms with E-state index in [2.05, 4.69) is 0 Å². The van der Waals surface area contributed by atoms with Crippen molar-refractivity contribution in [2.75, 3.05) is 0 Å². The van der Waals surface area contributed by atoms with Gasteiger partial charge in [0.1, 0.15) is 0 Å². The molecule has 38 heavy (non-hydrogen) atoms. The van der Waals surface area contributed by atoms with Gasteiger partial charge in [-0.3, -0.25) is 19.2 Å². The van der Waals surface area contributed by atoms with Gasteiger partial charge in [0.25, 0.3) is 0 Å². The maximum absolute atomic E-state index is 10.3. The monoisotopic (exact) mass is 538 g/mol. The summed E-state index contributed by atoms with van der Waals surface area (Å²) in [6, 6.07) is 5.02. The second kappa shape index (κ2) is 23.4. The van der Waals surface area contributed by atoms with Crippen molar-refractivity contribution in [3.05, 3.63) is 35.4 Å². The smallest absolute Gasteiger partial charge is 0.335 e. The van der Waals surface area contributed by atoms with E-state index in [4.69, 9.17) is 33.1 Å². The van der Waals surface area contributed by atoms with Crippen LogP contribution in [-0.2, 0) is 19.2 Å². The Kier molecular flexibility index (Phi) is 22.3. The summed E-state index contributed by atoms with van der Waals surface area (Å²) in [5.74, 6) is -3.08. The molecule has 4 amide bonds. The SMILES string of the molecule is NC(=O)CCCCCCCC(N)=O.NC(=O)CCCCCCCC(N)=O.O=C(O)c1ccc(C(=O)O)cc1. The van der Waals surface area contributed by atoms with E-state index < -0.39 is 11.9 Å². The molecule has 0 aliphatic rings. The van der Waals surface area contributed by atoms with Gasteiger partial charge < -0.3 is 33.1 Å². The maximum atomic E-state index is 10.3. The number of primary amides is 4. The number of carboxylic acids is 2. The summed E-state index contributed by atoms with van der Waals surface area (Å²) in [4.78, 5) is 62.0. The molecule has 12 nitrogen and oxygen atoms in total. The first-order chi connectivity index (χ1) is 17.9. The molecule has 0 bridgehead atoms. The molecule has 0 aromatic heterocycles. The van der Waals surface area contributed by atoms with Crippen molar-refractivity contribution >= 4 is 35.6 Å². The lowest BCUT2D eigenvalue weighted by atomic mass is 10.1. The van der Waals surface area contributed by atoms with Gasteiger partial charge in [0.2, 0.25) is 23.6 Å². The number of unbranched alkanes of at least 4 members (excludes halogenated alkanes) is 8. The number of aromatic carboxylic acids is 2. The fraction of sp³-hybridized carbons (Fsp3) is 0.538. The molecular weight excluding hydrogens is 496 g/mol. The Morgan fingerprint density at radius 3 is 0.763 bits per heavy atom. The van der Waals surface area contributed by atoms with E-state index in [-0.39, 0.29) is 34.8 Å². The maximum Gasteiger partial charge on any atom is 0.335 e. The van der Waals surface area contributed by atoms with E-state index in [1.807, 2.05) is 0 Å². The summed E-state index contributed by atoms with van der Waals surface area (Å²) in [5, 5.41) is 16.9. The number of carbonyl (C=O) groups excluding carboxylic acids is 4. The quantitative estimate of drug-likeness (QED) is 0.151. The Bertz CT molecular complexity index is 766. The highest BCUT2D eigenvalue weighted by molar-refractivity contribution is 5.91. The Balaban J connectivity index is 0. The summed E-state index contributed by atoms with van der Waals surface area (Å²) in [6.45, 7) is 0. The molecule has 0 radical (unpaired) electrons. The van der Waals surface area contributed by atoms with Gasteiger partial charge >= 0.3 is 11.9 Å². The van der Waals surface area contributed by atoms with Crippen LogP contribution in [-0.4, -0.2) is 45.8 Å². The first kappa shape index (κ1) is 36.2. The number of amides is 4. The topological polar surface area (TPSA) is 247 Å². The molecule has 0 saturated carbocycles. The van der Waals surface area contributed by atoms with Crippen molar-refractivity contribution in [1.29, 1.82) is 0 Å². The van der Waals surface area contributed by atoms with Crippen LogP contribution in [0.4, 0.5) is 0 Å². The van der Waals surface area contributed by atoms with Crippen molar-refractivity contribution < 1.29 is 39.0 Å². The van der Waals surface area contributed by atoms with Crippen molar-refractivity contribution in [3.63, 3.8) is 0 Å². The highest BCUT2D eigenvalue weighted by atomic mass is 16.4. The summed E-state index contributed by atoms with van der Waals surface area (Å²) in [5.41, 5.74) is 20.1. The van der Waals surface area contributed by atoms with Crippen LogP contribution in [0.2, 0.25) is 0 Å². The van der Waals surface area contributed by atoms with Crippen LogP contribution in [0.1, 0.15) is 111 Å². The molecule has 0 atom stereocenters. The van der Waals surface area contributed by atoms with Gasteiger partial charge in [-0.25, -0.2) is 9.59 Å². The van der Waals surface area contributed by atoms with Gasteiger partial charge in [-0.1, -0.05) is 38.5 Å². The molecule has 1 aromatic carbocycles. The minimum atomic E-state index is -1.06. The fourth-order valence-corrected chi connectivity index (χ4v) is 3.01. The van der Waals surface area contributed by atoms with Crippen molar-refractivity contribution in [3.8, 4) is 0 Å². The molecule has 1 aromatic rings. The molecular formula is C26H42N4O8. The summed E-state index contributed by atoms with van der Waals surface area (Å²) < 4.78 is 0. The van der Waals surface area contributed by atoms with Crippen LogP contribution >= 0.6 is 0 Å².